The molecule has 1 unspecified atom stereocenters. The highest BCUT2D eigenvalue weighted by Crippen LogP contribution is 2.47. The van der Waals surface area contributed by atoms with Crippen LogP contribution in [-0.2, 0) is 9.47 Å². The van der Waals surface area contributed by atoms with E-state index in [0.29, 0.717) is 12.3 Å². The summed E-state index contributed by atoms with van der Waals surface area (Å²) in [6.07, 6.45) is 3.34. The van der Waals surface area contributed by atoms with Gasteiger partial charge in [-0.1, -0.05) is 6.92 Å². The molecule has 0 amide bonds. The van der Waals surface area contributed by atoms with Gasteiger partial charge in [-0.3, -0.25) is 0 Å². The average Bonchev–Trinajstić information content (AvgIpc) is 2.37. The molecule has 1 rings (SSSR count). The SMILES string of the molecule is COC(CC(C)(O)C1(C#N)CCC(C)CC1)OC. The first-order valence-corrected chi connectivity index (χ1v) is 6.60. The number of ether oxygens (including phenoxy) is 2. The van der Waals surface area contributed by atoms with Gasteiger partial charge in [0.1, 0.15) is 0 Å². The number of nitrogens with zero attached hydrogens (tertiary/aromatic N) is 1. The van der Waals surface area contributed by atoms with Crippen LogP contribution in [0.25, 0.3) is 0 Å². The zero-order chi connectivity index (χ0) is 13.8. The third-order valence-corrected chi connectivity index (χ3v) is 4.46. The highest BCUT2D eigenvalue weighted by molar-refractivity contribution is 5.11. The van der Waals surface area contributed by atoms with Gasteiger partial charge in [-0.25, -0.2) is 0 Å². The zero-order valence-corrected chi connectivity index (χ0v) is 11.9. The van der Waals surface area contributed by atoms with Crippen molar-refractivity contribution in [3.63, 3.8) is 0 Å². The van der Waals surface area contributed by atoms with Gasteiger partial charge in [-0.05, 0) is 38.5 Å². The molecule has 1 aliphatic carbocycles. The summed E-state index contributed by atoms with van der Waals surface area (Å²) in [5, 5.41) is 20.3. The Kier molecular flexibility index (Phi) is 5.15. The van der Waals surface area contributed by atoms with Gasteiger partial charge in [0.25, 0.3) is 0 Å². The molecule has 1 atom stereocenters. The fourth-order valence-electron chi connectivity index (χ4n) is 2.81. The number of aliphatic hydroxyl groups is 1. The molecule has 4 heteroatoms. The Balaban J connectivity index is 2.83. The quantitative estimate of drug-likeness (QED) is 0.767. The number of nitriles is 1. The number of rotatable bonds is 5. The minimum atomic E-state index is -1.08. The van der Waals surface area contributed by atoms with E-state index < -0.39 is 17.3 Å². The number of hydrogen-bond acceptors (Lipinski definition) is 4. The van der Waals surface area contributed by atoms with E-state index in [1.165, 1.54) is 0 Å². The Bertz CT molecular complexity index is 297. The topological polar surface area (TPSA) is 62.5 Å². The van der Waals surface area contributed by atoms with Gasteiger partial charge >= 0.3 is 0 Å². The monoisotopic (exact) mass is 255 g/mol. The van der Waals surface area contributed by atoms with E-state index in [1.807, 2.05) is 0 Å². The minimum Gasteiger partial charge on any atom is -0.388 e. The largest absolute Gasteiger partial charge is 0.388 e. The molecule has 0 aliphatic heterocycles. The van der Waals surface area contributed by atoms with E-state index in [9.17, 15) is 10.4 Å². The molecule has 1 aliphatic rings. The molecular weight excluding hydrogens is 230 g/mol. The molecule has 0 aromatic heterocycles. The molecule has 0 heterocycles. The van der Waals surface area contributed by atoms with Crippen LogP contribution in [0.15, 0.2) is 0 Å². The maximum absolute atomic E-state index is 10.7. The average molecular weight is 255 g/mol. The summed E-state index contributed by atoms with van der Waals surface area (Å²) in [7, 11) is 3.10. The third-order valence-electron chi connectivity index (χ3n) is 4.46. The van der Waals surface area contributed by atoms with E-state index in [1.54, 1.807) is 21.1 Å². The second-order valence-electron chi connectivity index (χ2n) is 5.76. The van der Waals surface area contributed by atoms with Gasteiger partial charge in [0.2, 0.25) is 0 Å². The van der Waals surface area contributed by atoms with Crippen LogP contribution in [-0.4, -0.2) is 31.2 Å². The molecule has 4 nitrogen and oxygen atoms in total. The van der Waals surface area contributed by atoms with Crippen molar-refractivity contribution in [2.24, 2.45) is 11.3 Å². The summed E-state index contributed by atoms with van der Waals surface area (Å²) in [5.74, 6) is 0.642. The van der Waals surface area contributed by atoms with E-state index in [0.717, 1.165) is 25.7 Å². The van der Waals surface area contributed by atoms with Crippen molar-refractivity contribution in [2.45, 2.75) is 57.8 Å². The van der Waals surface area contributed by atoms with Crippen LogP contribution in [0.1, 0.15) is 46.0 Å². The summed E-state index contributed by atoms with van der Waals surface area (Å²) >= 11 is 0. The van der Waals surface area contributed by atoms with Crippen LogP contribution in [0.4, 0.5) is 0 Å². The van der Waals surface area contributed by atoms with E-state index in [2.05, 4.69) is 13.0 Å². The second-order valence-corrected chi connectivity index (χ2v) is 5.76. The Morgan fingerprint density at radius 3 is 2.28 bits per heavy atom. The molecule has 0 saturated heterocycles. The van der Waals surface area contributed by atoms with Gasteiger partial charge in [-0.15, -0.1) is 0 Å². The van der Waals surface area contributed by atoms with Crippen molar-refractivity contribution < 1.29 is 14.6 Å². The predicted molar refractivity (Wildman–Crippen MR) is 68.7 cm³/mol. The molecule has 0 radical (unpaired) electrons. The molecule has 1 fully saturated rings. The highest BCUT2D eigenvalue weighted by atomic mass is 16.7. The Hall–Kier alpha value is -0.630. The van der Waals surface area contributed by atoms with Gasteiger partial charge in [0.15, 0.2) is 6.29 Å². The molecule has 18 heavy (non-hydrogen) atoms. The number of methoxy groups -OCH3 is 2. The van der Waals surface area contributed by atoms with Crippen LogP contribution in [0.3, 0.4) is 0 Å². The molecule has 0 aromatic rings. The lowest BCUT2D eigenvalue weighted by molar-refractivity contribution is -0.167. The van der Waals surface area contributed by atoms with Crippen LogP contribution in [0, 0.1) is 22.7 Å². The van der Waals surface area contributed by atoms with Gasteiger partial charge in [0.05, 0.1) is 17.1 Å². The molecule has 104 valence electrons. The summed E-state index contributed by atoms with van der Waals surface area (Å²) in [6, 6.07) is 2.37. The van der Waals surface area contributed by atoms with Gasteiger partial charge in [0, 0.05) is 20.6 Å². The van der Waals surface area contributed by atoms with Crippen molar-refractivity contribution >= 4 is 0 Å². The molecule has 0 spiro atoms. The normalized spacial score (nSPS) is 31.9. The van der Waals surface area contributed by atoms with Gasteiger partial charge in [-0.2, -0.15) is 5.26 Å². The highest BCUT2D eigenvalue weighted by Gasteiger charge is 2.50. The van der Waals surface area contributed by atoms with E-state index in [-0.39, 0.29) is 0 Å². The minimum absolute atomic E-state index is 0.321. The summed E-state index contributed by atoms with van der Waals surface area (Å²) in [4.78, 5) is 0. The maximum atomic E-state index is 10.7. The van der Waals surface area contributed by atoms with Crippen LogP contribution in [0.5, 0.6) is 0 Å². The molecule has 0 aromatic carbocycles. The Morgan fingerprint density at radius 2 is 1.89 bits per heavy atom. The van der Waals surface area contributed by atoms with Crippen LogP contribution >= 0.6 is 0 Å². The lowest BCUT2D eigenvalue weighted by Gasteiger charge is -2.45. The van der Waals surface area contributed by atoms with Crippen molar-refractivity contribution in [1.29, 1.82) is 5.26 Å². The molecule has 0 bridgehead atoms. The molecule has 1 saturated carbocycles. The zero-order valence-electron chi connectivity index (χ0n) is 11.9. The fourth-order valence-corrected chi connectivity index (χ4v) is 2.81. The summed E-state index contributed by atoms with van der Waals surface area (Å²) in [5.41, 5.74) is -1.76. The van der Waals surface area contributed by atoms with Crippen molar-refractivity contribution in [3.8, 4) is 6.07 Å². The first-order chi connectivity index (χ1) is 8.40. The van der Waals surface area contributed by atoms with Crippen molar-refractivity contribution in [2.75, 3.05) is 14.2 Å². The standard InChI is InChI=1S/C14H25NO3/c1-11-5-7-14(10-15,8-6-11)13(2,16)9-12(17-3)18-4/h11-12,16H,5-9H2,1-4H3. The second kappa shape index (κ2) is 6.01. The van der Waals surface area contributed by atoms with Crippen molar-refractivity contribution in [3.05, 3.63) is 0 Å². The lowest BCUT2D eigenvalue weighted by Crippen LogP contribution is -2.49. The summed E-state index contributed by atoms with van der Waals surface area (Å²) < 4.78 is 10.3. The predicted octanol–water partition coefficient (Wildman–Crippen LogP) is 2.47. The first-order valence-electron chi connectivity index (χ1n) is 6.60. The lowest BCUT2D eigenvalue weighted by atomic mass is 9.62. The van der Waals surface area contributed by atoms with E-state index >= 15 is 0 Å². The number of hydrogen-bond donors (Lipinski definition) is 1. The molecule has 1 N–H and O–H groups in total. The maximum Gasteiger partial charge on any atom is 0.159 e. The third kappa shape index (κ3) is 3.03. The smallest absolute Gasteiger partial charge is 0.159 e. The summed E-state index contributed by atoms with van der Waals surface area (Å²) in [6.45, 7) is 3.93. The Morgan fingerprint density at radius 1 is 1.39 bits per heavy atom. The fraction of sp³-hybridized carbons (Fsp3) is 0.929. The van der Waals surface area contributed by atoms with Crippen molar-refractivity contribution in [1.82, 2.24) is 0 Å². The first kappa shape index (κ1) is 15.4. The van der Waals surface area contributed by atoms with Crippen LogP contribution < -0.4 is 0 Å². The Labute approximate surface area is 110 Å². The van der Waals surface area contributed by atoms with Crippen LogP contribution in [0.2, 0.25) is 0 Å². The molecular formula is C14H25NO3. The van der Waals surface area contributed by atoms with Gasteiger partial charge < -0.3 is 14.6 Å². The van der Waals surface area contributed by atoms with E-state index in [4.69, 9.17) is 9.47 Å².